The van der Waals surface area contributed by atoms with Gasteiger partial charge in [-0.1, -0.05) is 34.8 Å². The quantitative estimate of drug-likeness (QED) is 0.738. The monoisotopic (exact) mass is 394 g/mol. The van der Waals surface area contributed by atoms with E-state index in [1.807, 2.05) is 0 Å². The van der Waals surface area contributed by atoms with Gasteiger partial charge in [-0.05, 0) is 12.1 Å². The number of rotatable bonds is 3. The van der Waals surface area contributed by atoms with Crippen LogP contribution in [0.3, 0.4) is 0 Å². The van der Waals surface area contributed by atoms with Crippen molar-refractivity contribution in [2.24, 2.45) is 0 Å². The molecular weight excluding hydrogens is 392 g/mol. The first-order valence-electron chi connectivity index (χ1n) is 5.28. The maximum Gasteiger partial charge on any atom is 0.413 e. The molecule has 2 aromatic rings. The number of hydrogen-bond acceptors (Lipinski definition) is 5. The first kappa shape index (κ1) is 17.5. The van der Waals surface area contributed by atoms with E-state index in [0.717, 1.165) is 12.1 Å². The van der Waals surface area contributed by atoms with Crippen molar-refractivity contribution in [3.8, 4) is 0 Å². The van der Waals surface area contributed by atoms with Crippen LogP contribution in [0.2, 0.25) is 15.3 Å². The average molecular weight is 396 g/mol. The van der Waals surface area contributed by atoms with Crippen molar-refractivity contribution in [2.75, 3.05) is 6.61 Å². The molecule has 2 rings (SSSR count). The molecule has 0 fully saturated rings. The Kier molecular flexibility index (Phi) is 4.74. The maximum atomic E-state index is 12.1. The van der Waals surface area contributed by atoms with E-state index in [4.69, 9.17) is 34.8 Å². The molecule has 120 valence electrons. The van der Waals surface area contributed by atoms with E-state index in [1.165, 1.54) is 0 Å². The average Bonchev–Trinajstić information content (AvgIpc) is 2.37. The van der Waals surface area contributed by atoms with Gasteiger partial charge in [-0.2, -0.15) is 21.6 Å². The fourth-order valence-corrected chi connectivity index (χ4v) is 3.09. The minimum Gasteiger partial charge on any atom is -0.257 e. The zero-order valence-corrected chi connectivity index (χ0v) is 13.2. The van der Waals surface area contributed by atoms with E-state index in [9.17, 15) is 21.6 Å². The second kappa shape index (κ2) is 5.97. The number of aromatic nitrogens is 2. The van der Waals surface area contributed by atoms with Crippen molar-refractivity contribution in [3.05, 3.63) is 27.5 Å². The molecule has 0 aliphatic rings. The van der Waals surface area contributed by atoms with Gasteiger partial charge in [0.15, 0.2) is 16.9 Å². The van der Waals surface area contributed by atoms with Crippen LogP contribution in [-0.4, -0.2) is 31.2 Å². The Labute approximate surface area is 137 Å². The molecular formula is C10H4Cl3F3N2O3S. The van der Waals surface area contributed by atoms with Crippen molar-refractivity contribution < 1.29 is 25.8 Å². The molecule has 1 aromatic heterocycles. The van der Waals surface area contributed by atoms with Crippen molar-refractivity contribution in [3.63, 3.8) is 0 Å². The summed E-state index contributed by atoms with van der Waals surface area (Å²) < 4.78 is 63.7. The van der Waals surface area contributed by atoms with Gasteiger partial charge in [-0.3, -0.25) is 4.18 Å². The third-order valence-corrected chi connectivity index (χ3v) is 4.64. The summed E-state index contributed by atoms with van der Waals surface area (Å²) in [6.07, 6.45) is -4.81. The molecule has 0 aliphatic heterocycles. The molecule has 0 N–H and O–H groups in total. The topological polar surface area (TPSA) is 69.2 Å². The fraction of sp³-hybridized carbons (Fsp3) is 0.200. The summed E-state index contributed by atoms with van der Waals surface area (Å²) in [4.78, 5) is 6.90. The number of nitrogens with zero attached hydrogens (tertiary/aromatic N) is 2. The molecule has 1 heterocycles. The molecule has 0 aliphatic carbocycles. The Hall–Kier alpha value is -0.870. The third kappa shape index (κ3) is 3.90. The van der Waals surface area contributed by atoms with Gasteiger partial charge in [0.05, 0.1) is 16.1 Å². The van der Waals surface area contributed by atoms with Gasteiger partial charge in [0.2, 0.25) is 0 Å². The lowest BCUT2D eigenvalue weighted by atomic mass is 10.3. The van der Waals surface area contributed by atoms with Crippen LogP contribution in [-0.2, 0) is 14.3 Å². The van der Waals surface area contributed by atoms with Crippen molar-refractivity contribution >= 4 is 56.0 Å². The Bertz CT molecular complexity index is 843. The predicted octanol–water partition coefficient (Wildman–Crippen LogP) is 3.86. The number of benzene rings is 1. The second-order valence-electron chi connectivity index (χ2n) is 3.91. The van der Waals surface area contributed by atoms with Crippen LogP contribution in [0.15, 0.2) is 17.0 Å². The molecule has 0 bridgehead atoms. The normalized spacial score (nSPS) is 12.8. The van der Waals surface area contributed by atoms with Crippen molar-refractivity contribution in [1.29, 1.82) is 0 Å². The van der Waals surface area contributed by atoms with Gasteiger partial charge in [0.25, 0.3) is 10.1 Å². The number of fused-ring (bicyclic) bond motifs is 1. The van der Waals surface area contributed by atoms with E-state index in [2.05, 4.69) is 14.2 Å². The van der Waals surface area contributed by atoms with Gasteiger partial charge in [-0.25, -0.2) is 9.97 Å². The molecule has 0 amide bonds. The number of alkyl halides is 3. The molecule has 0 unspecified atom stereocenters. The fourth-order valence-electron chi connectivity index (χ4n) is 1.41. The predicted molar refractivity (Wildman–Crippen MR) is 73.8 cm³/mol. The largest absolute Gasteiger partial charge is 0.413 e. The van der Waals surface area contributed by atoms with Gasteiger partial charge < -0.3 is 0 Å². The summed E-state index contributed by atoms with van der Waals surface area (Å²) in [5, 5.41) is -0.715. The van der Waals surface area contributed by atoms with Crippen LogP contribution in [0, 0.1) is 0 Å². The van der Waals surface area contributed by atoms with Gasteiger partial charge in [0.1, 0.15) is 4.90 Å². The van der Waals surface area contributed by atoms with Gasteiger partial charge >= 0.3 is 6.18 Å². The minimum atomic E-state index is -4.81. The highest BCUT2D eigenvalue weighted by atomic mass is 35.5. The highest BCUT2D eigenvalue weighted by molar-refractivity contribution is 7.86. The smallest absolute Gasteiger partial charge is 0.257 e. The highest BCUT2D eigenvalue weighted by Gasteiger charge is 2.32. The molecule has 0 spiro atoms. The zero-order chi connectivity index (χ0) is 16.7. The van der Waals surface area contributed by atoms with Crippen LogP contribution in [0.4, 0.5) is 13.2 Å². The standard InChI is InChI=1S/C10H4Cl3F3N2O3S/c11-4-1-5-6(18-9(13)8(12)17-5)2-7(4)22(19,20)21-3-10(14,15)16/h1-2H,3H2. The molecule has 0 atom stereocenters. The summed E-state index contributed by atoms with van der Waals surface area (Å²) in [5.74, 6) is 0. The van der Waals surface area contributed by atoms with Crippen LogP contribution < -0.4 is 0 Å². The summed E-state index contributed by atoms with van der Waals surface area (Å²) in [5.41, 5.74) is 0.0992. The molecule has 22 heavy (non-hydrogen) atoms. The summed E-state index contributed by atoms with van der Waals surface area (Å²) >= 11 is 17.0. The van der Waals surface area contributed by atoms with E-state index in [-0.39, 0.29) is 26.4 Å². The molecule has 1 aromatic carbocycles. The third-order valence-electron chi connectivity index (χ3n) is 2.28. The maximum absolute atomic E-state index is 12.1. The Morgan fingerprint density at radius 1 is 1.05 bits per heavy atom. The zero-order valence-electron chi connectivity index (χ0n) is 10.2. The van der Waals surface area contributed by atoms with Crippen LogP contribution in [0.5, 0.6) is 0 Å². The summed E-state index contributed by atoms with van der Waals surface area (Å²) in [6, 6.07) is 1.98. The SMILES string of the molecule is O=S(=O)(OCC(F)(F)F)c1cc2nc(Cl)c(Cl)nc2cc1Cl. The van der Waals surface area contributed by atoms with E-state index in [1.54, 1.807) is 0 Å². The summed E-state index contributed by atoms with van der Waals surface area (Å²) in [6.45, 7) is -1.98. The molecule has 0 radical (unpaired) electrons. The number of halogens is 6. The van der Waals surface area contributed by atoms with E-state index < -0.39 is 27.8 Å². The van der Waals surface area contributed by atoms with Crippen molar-refractivity contribution in [1.82, 2.24) is 9.97 Å². The molecule has 0 saturated carbocycles. The van der Waals surface area contributed by atoms with Crippen LogP contribution >= 0.6 is 34.8 Å². The lowest BCUT2D eigenvalue weighted by Crippen LogP contribution is -2.20. The highest BCUT2D eigenvalue weighted by Crippen LogP contribution is 2.30. The first-order chi connectivity index (χ1) is 9.99. The number of hydrogen-bond donors (Lipinski definition) is 0. The molecule has 12 heteroatoms. The summed E-state index contributed by atoms with van der Waals surface area (Å²) in [7, 11) is -4.73. The Morgan fingerprint density at radius 2 is 1.55 bits per heavy atom. The first-order valence-corrected chi connectivity index (χ1v) is 7.82. The minimum absolute atomic E-state index is 0.0204. The van der Waals surface area contributed by atoms with Crippen LogP contribution in [0.25, 0.3) is 11.0 Å². The van der Waals surface area contributed by atoms with Crippen molar-refractivity contribution in [2.45, 2.75) is 11.1 Å². The Morgan fingerprint density at radius 3 is 2.05 bits per heavy atom. The Balaban J connectivity index is 2.51. The lowest BCUT2D eigenvalue weighted by Gasteiger charge is -2.10. The van der Waals surface area contributed by atoms with Crippen LogP contribution in [0.1, 0.15) is 0 Å². The van der Waals surface area contributed by atoms with Gasteiger partial charge in [0, 0.05) is 0 Å². The van der Waals surface area contributed by atoms with E-state index >= 15 is 0 Å². The van der Waals surface area contributed by atoms with Gasteiger partial charge in [-0.15, -0.1) is 0 Å². The molecule has 0 saturated heterocycles. The molecule has 5 nitrogen and oxygen atoms in total. The lowest BCUT2D eigenvalue weighted by molar-refractivity contribution is -0.152. The van der Waals surface area contributed by atoms with E-state index in [0.29, 0.717) is 0 Å². The second-order valence-corrected chi connectivity index (χ2v) is 6.62.